The van der Waals surface area contributed by atoms with Gasteiger partial charge in [0.1, 0.15) is 0 Å². The van der Waals surface area contributed by atoms with Crippen LogP contribution in [0.5, 0.6) is 0 Å². The molecule has 4 amide bonds. The Morgan fingerprint density at radius 1 is 1.15 bits per heavy atom. The highest BCUT2D eigenvalue weighted by atomic mass is 16.4. The zero-order valence-electron chi connectivity index (χ0n) is 6.43. The van der Waals surface area contributed by atoms with Crippen molar-refractivity contribution in [1.29, 1.82) is 0 Å². The number of carboxylic acids is 1. The molecule has 0 fully saturated rings. The van der Waals surface area contributed by atoms with Gasteiger partial charge in [0.05, 0.1) is 0 Å². The second-order valence-corrected chi connectivity index (χ2v) is 1.65. The Kier molecular flexibility index (Phi) is 6.95. The number of amides is 4. The summed E-state index contributed by atoms with van der Waals surface area (Å²) in [6.45, 7) is 0. The molecule has 13 heavy (non-hydrogen) atoms. The number of aliphatic hydroxyl groups is 1. The van der Waals surface area contributed by atoms with Gasteiger partial charge in [-0.2, -0.15) is 0 Å². The van der Waals surface area contributed by atoms with E-state index in [2.05, 4.69) is 17.2 Å². The fourth-order valence-corrected chi connectivity index (χ4v) is 0.196. The molecule has 0 aliphatic rings. The number of aliphatic hydroxyl groups excluding tert-OH is 1. The van der Waals surface area contributed by atoms with E-state index in [0.717, 1.165) is 0 Å². The molecule has 0 rings (SSSR count). The number of hydrogen-bond donors (Lipinski definition) is 6. The second-order valence-electron chi connectivity index (χ2n) is 1.65. The van der Waals surface area contributed by atoms with Crippen LogP contribution in [-0.2, 0) is 4.79 Å². The van der Waals surface area contributed by atoms with Gasteiger partial charge >= 0.3 is 18.0 Å². The summed E-state index contributed by atoms with van der Waals surface area (Å²) in [5, 5.41) is 17.7. The molecule has 0 aliphatic carbocycles. The first-order valence-electron chi connectivity index (χ1n) is 2.79. The Labute approximate surface area is 72.5 Å². The van der Waals surface area contributed by atoms with Gasteiger partial charge in [-0.05, 0) is 0 Å². The number of urea groups is 2. The van der Waals surface area contributed by atoms with Crippen molar-refractivity contribution in [2.75, 3.05) is 0 Å². The maximum absolute atomic E-state index is 9.80. The molecule has 1 atom stereocenters. The van der Waals surface area contributed by atoms with Crippen LogP contribution in [0, 0.1) is 0 Å². The number of aliphatic carboxylic acids is 1. The molecular formula is C4H10N4O5. The molecule has 0 aromatic heterocycles. The summed E-state index contributed by atoms with van der Waals surface area (Å²) in [7, 11) is 0. The van der Waals surface area contributed by atoms with Crippen molar-refractivity contribution >= 4 is 18.0 Å². The van der Waals surface area contributed by atoms with E-state index in [4.69, 9.17) is 15.0 Å². The minimum atomic E-state index is -1.91. The fourth-order valence-electron chi connectivity index (χ4n) is 0.196. The van der Waals surface area contributed by atoms with E-state index in [1.807, 2.05) is 0 Å². The molecule has 0 aromatic carbocycles. The van der Waals surface area contributed by atoms with Crippen LogP contribution in [0.25, 0.3) is 0 Å². The standard InChI is InChI=1S/C3H6N2O4.CH4N2O/c4-3(9)5-1(6)2(7)8;2-1(3)4/h1,6H,(H,7,8)(H3,4,5,9);(H4,2,3,4). The third-order valence-electron chi connectivity index (χ3n) is 0.513. The first-order chi connectivity index (χ1) is 5.77. The number of carbonyl (C=O) groups excluding carboxylic acids is 2. The molecule has 1 unspecified atom stereocenters. The second kappa shape index (κ2) is 6.67. The lowest BCUT2D eigenvalue weighted by molar-refractivity contribution is -0.147. The summed E-state index contributed by atoms with van der Waals surface area (Å²) in [5.41, 5.74) is 13.0. The van der Waals surface area contributed by atoms with E-state index in [1.165, 1.54) is 5.32 Å². The topological polar surface area (TPSA) is 182 Å². The van der Waals surface area contributed by atoms with E-state index in [1.54, 1.807) is 0 Å². The van der Waals surface area contributed by atoms with E-state index in [9.17, 15) is 9.59 Å². The number of nitrogens with two attached hydrogens (primary N) is 3. The Morgan fingerprint density at radius 3 is 1.54 bits per heavy atom. The van der Waals surface area contributed by atoms with E-state index in [-0.39, 0.29) is 0 Å². The smallest absolute Gasteiger partial charge is 0.353 e. The summed E-state index contributed by atoms with van der Waals surface area (Å²) in [5.74, 6) is -1.55. The third kappa shape index (κ3) is 17.8. The Bertz CT molecular complexity index is 201. The van der Waals surface area contributed by atoms with Gasteiger partial charge in [-0.1, -0.05) is 0 Å². The number of rotatable bonds is 2. The van der Waals surface area contributed by atoms with Gasteiger partial charge in [-0.25, -0.2) is 14.4 Å². The van der Waals surface area contributed by atoms with Crippen molar-refractivity contribution in [1.82, 2.24) is 5.32 Å². The minimum absolute atomic E-state index is 0.833. The molecule has 9 N–H and O–H groups in total. The Hall–Kier alpha value is -2.03. The van der Waals surface area contributed by atoms with Crippen molar-refractivity contribution in [3.63, 3.8) is 0 Å². The van der Waals surface area contributed by atoms with Gasteiger partial charge in [0.15, 0.2) is 0 Å². The van der Waals surface area contributed by atoms with Crippen molar-refractivity contribution in [3.05, 3.63) is 0 Å². The molecule has 0 aliphatic heterocycles. The van der Waals surface area contributed by atoms with Crippen molar-refractivity contribution < 1.29 is 24.6 Å². The summed E-state index contributed by atoms with van der Waals surface area (Å²) in [6, 6.07) is -1.91. The van der Waals surface area contributed by atoms with Crippen LogP contribution in [0.1, 0.15) is 0 Å². The predicted molar refractivity (Wildman–Crippen MR) is 40.1 cm³/mol. The number of carboxylic acid groups (broad SMARTS) is 1. The lowest BCUT2D eigenvalue weighted by Gasteiger charge is -2.02. The molecule has 0 saturated heterocycles. The first-order valence-corrected chi connectivity index (χ1v) is 2.79. The van der Waals surface area contributed by atoms with Crippen LogP contribution in [0.4, 0.5) is 9.59 Å². The lowest BCUT2D eigenvalue weighted by atomic mass is 10.6. The van der Waals surface area contributed by atoms with E-state index in [0.29, 0.717) is 0 Å². The van der Waals surface area contributed by atoms with Crippen LogP contribution in [-0.4, -0.2) is 34.5 Å². The van der Waals surface area contributed by atoms with Gasteiger partial charge < -0.3 is 32.7 Å². The van der Waals surface area contributed by atoms with E-state index >= 15 is 0 Å². The normalized spacial score (nSPS) is 10.2. The van der Waals surface area contributed by atoms with Crippen molar-refractivity contribution in [2.24, 2.45) is 17.2 Å². The van der Waals surface area contributed by atoms with Gasteiger partial charge in [-0.15, -0.1) is 0 Å². The average Bonchev–Trinajstić information content (AvgIpc) is 1.83. The van der Waals surface area contributed by atoms with Gasteiger partial charge in [0, 0.05) is 0 Å². The van der Waals surface area contributed by atoms with E-state index < -0.39 is 24.3 Å². The Balaban J connectivity index is 0. The van der Waals surface area contributed by atoms with Crippen LogP contribution in [0.15, 0.2) is 0 Å². The third-order valence-corrected chi connectivity index (χ3v) is 0.513. The van der Waals surface area contributed by atoms with Crippen LogP contribution in [0.3, 0.4) is 0 Å². The number of carbonyl (C=O) groups is 3. The number of primary amides is 3. The number of nitrogens with one attached hydrogen (secondary N) is 1. The fraction of sp³-hybridized carbons (Fsp3) is 0.250. The largest absolute Gasteiger partial charge is 0.478 e. The van der Waals surface area contributed by atoms with Crippen LogP contribution >= 0.6 is 0 Å². The quantitative estimate of drug-likeness (QED) is 0.257. The van der Waals surface area contributed by atoms with Crippen molar-refractivity contribution in [2.45, 2.75) is 6.23 Å². The highest BCUT2D eigenvalue weighted by Crippen LogP contribution is 1.72. The highest BCUT2D eigenvalue weighted by molar-refractivity contribution is 5.80. The molecule has 9 nitrogen and oxygen atoms in total. The molecule has 0 saturated carbocycles. The van der Waals surface area contributed by atoms with Crippen molar-refractivity contribution in [3.8, 4) is 0 Å². The molecule has 0 radical (unpaired) electrons. The van der Waals surface area contributed by atoms with Gasteiger partial charge in [0.25, 0.3) is 0 Å². The molecular weight excluding hydrogens is 184 g/mol. The average molecular weight is 194 g/mol. The molecule has 0 spiro atoms. The summed E-state index contributed by atoms with van der Waals surface area (Å²) in [6.07, 6.45) is -1.91. The molecule has 0 bridgehead atoms. The summed E-state index contributed by atoms with van der Waals surface area (Å²) in [4.78, 5) is 28.5. The summed E-state index contributed by atoms with van der Waals surface area (Å²) >= 11 is 0. The van der Waals surface area contributed by atoms with Gasteiger partial charge in [0.2, 0.25) is 6.23 Å². The summed E-state index contributed by atoms with van der Waals surface area (Å²) < 4.78 is 0. The lowest BCUT2D eigenvalue weighted by Crippen LogP contribution is -2.43. The molecule has 0 aromatic rings. The number of hydrogen-bond acceptors (Lipinski definition) is 4. The zero-order valence-corrected chi connectivity index (χ0v) is 6.43. The highest BCUT2D eigenvalue weighted by Gasteiger charge is 2.12. The van der Waals surface area contributed by atoms with Gasteiger partial charge in [-0.3, -0.25) is 0 Å². The molecule has 76 valence electrons. The first kappa shape index (κ1) is 13.6. The maximum Gasteiger partial charge on any atom is 0.353 e. The maximum atomic E-state index is 9.80. The Morgan fingerprint density at radius 2 is 1.46 bits per heavy atom. The van der Waals surface area contributed by atoms with Crippen LogP contribution in [0.2, 0.25) is 0 Å². The van der Waals surface area contributed by atoms with Crippen LogP contribution < -0.4 is 22.5 Å². The monoisotopic (exact) mass is 194 g/mol. The minimum Gasteiger partial charge on any atom is -0.478 e. The SMILES string of the molecule is NC(=O)NC(O)C(=O)O.NC(N)=O. The zero-order chi connectivity index (χ0) is 11.0. The molecule has 9 heteroatoms. The molecule has 0 heterocycles. The predicted octanol–water partition coefficient (Wildman–Crippen LogP) is -2.92.